The van der Waals surface area contributed by atoms with Crippen molar-refractivity contribution in [3.8, 4) is 0 Å². The summed E-state index contributed by atoms with van der Waals surface area (Å²) >= 11 is 0. The van der Waals surface area contributed by atoms with Gasteiger partial charge in [0.25, 0.3) is 0 Å². The zero-order chi connectivity index (χ0) is 15.5. The maximum absolute atomic E-state index is 12.7. The van der Waals surface area contributed by atoms with Crippen LogP contribution in [0.5, 0.6) is 0 Å². The van der Waals surface area contributed by atoms with Crippen LogP contribution in [0.2, 0.25) is 0 Å². The van der Waals surface area contributed by atoms with Gasteiger partial charge in [-0.2, -0.15) is 13.2 Å². The lowest BCUT2D eigenvalue weighted by atomic mass is 9.85. The number of alkyl halides is 3. The summed E-state index contributed by atoms with van der Waals surface area (Å²) in [5.41, 5.74) is 0.636. The van der Waals surface area contributed by atoms with Crippen molar-refractivity contribution in [3.05, 3.63) is 35.6 Å². The van der Waals surface area contributed by atoms with Gasteiger partial charge in [0, 0.05) is 6.04 Å². The van der Waals surface area contributed by atoms with E-state index in [1.807, 2.05) is 0 Å². The third-order valence-electron chi connectivity index (χ3n) is 3.78. The Morgan fingerprint density at radius 1 is 1.19 bits per heavy atom. The molecule has 1 aliphatic rings. The Hall–Kier alpha value is -1.59. The first-order valence-electron chi connectivity index (χ1n) is 6.95. The minimum Gasteiger partial charge on any atom is -0.353 e. The SMILES string of the molecule is O=C(Cc1ccc(F)cc1)N[C@H]1CCC[C@@H](C(F)(F)F)C1. The van der Waals surface area contributed by atoms with Crippen LogP contribution in [0, 0.1) is 11.7 Å². The highest BCUT2D eigenvalue weighted by Crippen LogP contribution is 2.37. The molecular formula is C15H17F4NO. The van der Waals surface area contributed by atoms with E-state index in [1.54, 1.807) is 0 Å². The Morgan fingerprint density at radius 3 is 2.48 bits per heavy atom. The minimum absolute atomic E-state index is 0.0491. The minimum atomic E-state index is -4.19. The summed E-state index contributed by atoms with van der Waals surface area (Å²) in [5.74, 6) is -2.05. The molecule has 1 N–H and O–H groups in total. The monoisotopic (exact) mass is 303 g/mol. The van der Waals surface area contributed by atoms with Crippen molar-refractivity contribution < 1.29 is 22.4 Å². The second-order valence-corrected chi connectivity index (χ2v) is 5.47. The third kappa shape index (κ3) is 4.72. The predicted molar refractivity (Wildman–Crippen MR) is 70.0 cm³/mol. The number of hydrogen-bond acceptors (Lipinski definition) is 1. The molecule has 1 aromatic rings. The summed E-state index contributed by atoms with van der Waals surface area (Å²) in [7, 11) is 0. The Bertz CT molecular complexity index is 483. The summed E-state index contributed by atoms with van der Waals surface area (Å²) in [6, 6.07) is 5.06. The van der Waals surface area contributed by atoms with Gasteiger partial charge in [-0.25, -0.2) is 4.39 Å². The molecule has 1 fully saturated rings. The van der Waals surface area contributed by atoms with E-state index < -0.39 is 18.1 Å². The number of nitrogens with one attached hydrogen (secondary N) is 1. The van der Waals surface area contributed by atoms with Crippen LogP contribution in [0.15, 0.2) is 24.3 Å². The molecule has 116 valence electrons. The van der Waals surface area contributed by atoms with Crippen LogP contribution in [0.3, 0.4) is 0 Å². The third-order valence-corrected chi connectivity index (χ3v) is 3.78. The molecule has 2 nitrogen and oxygen atoms in total. The van der Waals surface area contributed by atoms with Crippen LogP contribution >= 0.6 is 0 Å². The number of hydrogen-bond donors (Lipinski definition) is 1. The second-order valence-electron chi connectivity index (χ2n) is 5.47. The maximum Gasteiger partial charge on any atom is 0.391 e. The summed E-state index contributed by atoms with van der Waals surface area (Å²) in [4.78, 5) is 11.8. The van der Waals surface area contributed by atoms with Gasteiger partial charge in [-0.3, -0.25) is 4.79 Å². The van der Waals surface area contributed by atoms with E-state index in [1.165, 1.54) is 24.3 Å². The molecule has 0 heterocycles. The topological polar surface area (TPSA) is 29.1 Å². The van der Waals surface area contributed by atoms with E-state index in [2.05, 4.69) is 5.32 Å². The highest BCUT2D eigenvalue weighted by molar-refractivity contribution is 5.78. The van der Waals surface area contributed by atoms with Crippen LogP contribution in [0.25, 0.3) is 0 Å². The Morgan fingerprint density at radius 2 is 1.86 bits per heavy atom. The average Bonchev–Trinajstić information content (AvgIpc) is 2.41. The van der Waals surface area contributed by atoms with Gasteiger partial charge in [0.15, 0.2) is 0 Å². The fraction of sp³-hybridized carbons (Fsp3) is 0.533. The molecule has 0 saturated heterocycles. The van der Waals surface area contributed by atoms with E-state index in [4.69, 9.17) is 0 Å². The lowest BCUT2D eigenvalue weighted by molar-refractivity contribution is -0.184. The van der Waals surface area contributed by atoms with Gasteiger partial charge in [-0.15, -0.1) is 0 Å². The van der Waals surface area contributed by atoms with E-state index in [0.717, 1.165) is 0 Å². The summed E-state index contributed by atoms with van der Waals surface area (Å²) in [6.07, 6.45) is -3.03. The van der Waals surface area contributed by atoms with E-state index in [-0.39, 0.29) is 31.0 Å². The number of halogens is 4. The molecule has 0 spiro atoms. The van der Waals surface area contributed by atoms with E-state index >= 15 is 0 Å². The Balaban J connectivity index is 1.86. The lowest BCUT2D eigenvalue weighted by Gasteiger charge is -2.31. The molecule has 0 bridgehead atoms. The standard InChI is InChI=1S/C15H17F4NO/c16-12-6-4-10(5-7-12)8-14(21)20-13-3-1-2-11(9-13)15(17,18)19/h4-7,11,13H,1-3,8-9H2,(H,20,21)/t11-,13+/m1/s1. The molecule has 1 amide bonds. The first-order chi connectivity index (χ1) is 9.84. The molecule has 2 rings (SSSR count). The number of carbonyl (C=O) groups excluding carboxylic acids is 1. The van der Waals surface area contributed by atoms with Crippen molar-refractivity contribution in [2.24, 2.45) is 5.92 Å². The second kappa shape index (κ2) is 6.45. The summed E-state index contributed by atoms with van der Waals surface area (Å²) < 4.78 is 50.8. The highest BCUT2D eigenvalue weighted by atomic mass is 19.4. The molecule has 0 unspecified atom stereocenters. The van der Waals surface area contributed by atoms with Gasteiger partial charge in [0.05, 0.1) is 12.3 Å². The highest BCUT2D eigenvalue weighted by Gasteiger charge is 2.42. The first kappa shape index (κ1) is 15.8. The zero-order valence-corrected chi connectivity index (χ0v) is 11.4. The molecule has 6 heteroatoms. The molecule has 1 aromatic carbocycles. The van der Waals surface area contributed by atoms with Crippen molar-refractivity contribution in [1.82, 2.24) is 5.32 Å². The molecule has 0 radical (unpaired) electrons. The van der Waals surface area contributed by atoms with Crippen LogP contribution in [0.4, 0.5) is 17.6 Å². The van der Waals surface area contributed by atoms with Crippen LogP contribution < -0.4 is 5.32 Å². The molecule has 0 aromatic heterocycles. The molecular weight excluding hydrogens is 286 g/mol. The largest absolute Gasteiger partial charge is 0.391 e. The van der Waals surface area contributed by atoms with E-state index in [9.17, 15) is 22.4 Å². The van der Waals surface area contributed by atoms with Crippen LogP contribution in [-0.2, 0) is 11.2 Å². The molecule has 1 saturated carbocycles. The summed E-state index contributed by atoms with van der Waals surface area (Å²) in [6.45, 7) is 0. The van der Waals surface area contributed by atoms with Crippen molar-refractivity contribution in [1.29, 1.82) is 0 Å². The Kier molecular flexibility index (Phi) is 4.85. The van der Waals surface area contributed by atoms with Gasteiger partial charge in [0.2, 0.25) is 5.91 Å². The van der Waals surface area contributed by atoms with Gasteiger partial charge in [0.1, 0.15) is 5.82 Å². The van der Waals surface area contributed by atoms with Gasteiger partial charge >= 0.3 is 6.18 Å². The fourth-order valence-corrected chi connectivity index (χ4v) is 2.68. The zero-order valence-electron chi connectivity index (χ0n) is 11.4. The number of rotatable bonds is 3. The number of benzene rings is 1. The Labute approximate surface area is 120 Å². The summed E-state index contributed by atoms with van der Waals surface area (Å²) in [5, 5.41) is 2.65. The van der Waals surface area contributed by atoms with Crippen LogP contribution in [-0.4, -0.2) is 18.1 Å². The van der Waals surface area contributed by atoms with Gasteiger partial charge < -0.3 is 5.32 Å². The number of carbonyl (C=O) groups is 1. The van der Waals surface area contributed by atoms with Crippen LogP contribution in [0.1, 0.15) is 31.2 Å². The fourth-order valence-electron chi connectivity index (χ4n) is 2.68. The number of amides is 1. The van der Waals surface area contributed by atoms with Crippen molar-refractivity contribution in [3.63, 3.8) is 0 Å². The molecule has 21 heavy (non-hydrogen) atoms. The van der Waals surface area contributed by atoms with Gasteiger partial charge in [-0.1, -0.05) is 18.6 Å². The average molecular weight is 303 g/mol. The molecule has 1 aliphatic carbocycles. The first-order valence-corrected chi connectivity index (χ1v) is 6.95. The van der Waals surface area contributed by atoms with Crippen molar-refractivity contribution in [2.45, 2.75) is 44.3 Å². The molecule has 2 atom stereocenters. The van der Waals surface area contributed by atoms with Crippen molar-refractivity contribution >= 4 is 5.91 Å². The predicted octanol–water partition coefficient (Wildman–Crippen LogP) is 3.61. The normalized spacial score (nSPS) is 22.9. The molecule has 0 aliphatic heterocycles. The quantitative estimate of drug-likeness (QED) is 0.849. The lowest BCUT2D eigenvalue weighted by Crippen LogP contribution is -2.42. The van der Waals surface area contributed by atoms with Crippen molar-refractivity contribution in [2.75, 3.05) is 0 Å². The van der Waals surface area contributed by atoms with Gasteiger partial charge in [-0.05, 0) is 37.0 Å². The maximum atomic E-state index is 12.7. The van der Waals surface area contributed by atoms with E-state index in [0.29, 0.717) is 18.4 Å². The smallest absolute Gasteiger partial charge is 0.353 e.